The number of nitrogens with one attached hydrogen (secondary N) is 1. The molecule has 3 rings (SSSR count). The van der Waals surface area contributed by atoms with E-state index in [9.17, 15) is 27.9 Å². The van der Waals surface area contributed by atoms with Crippen molar-refractivity contribution < 1.29 is 32.6 Å². The highest BCUT2D eigenvalue weighted by Gasteiger charge is 2.59. The summed E-state index contributed by atoms with van der Waals surface area (Å²) in [4.78, 5) is 27.8. The van der Waals surface area contributed by atoms with E-state index in [4.69, 9.17) is 23.2 Å². The summed E-state index contributed by atoms with van der Waals surface area (Å²) in [5, 5.41) is 13.1. The van der Waals surface area contributed by atoms with Crippen LogP contribution in [0.5, 0.6) is 0 Å². The topological polar surface area (TPSA) is 88.5 Å². The van der Waals surface area contributed by atoms with Crippen molar-refractivity contribution in [3.8, 4) is 0 Å². The van der Waals surface area contributed by atoms with Crippen LogP contribution >= 0.6 is 23.2 Å². The number of hydrogen-bond donors (Lipinski definition) is 2. The number of anilines is 1. The van der Waals surface area contributed by atoms with E-state index in [0.717, 1.165) is 18.3 Å². The monoisotopic (exact) mass is 526 g/mol. The summed E-state index contributed by atoms with van der Waals surface area (Å²) in [7, 11) is 1.24. The van der Waals surface area contributed by atoms with Crippen LogP contribution < -0.4 is 5.32 Å². The number of amides is 1. The quantitative estimate of drug-likeness (QED) is 0.304. The fraction of sp³-hybridized carbons (Fsp3) is 0.208. The first-order valence-electron chi connectivity index (χ1n) is 10.1. The maximum atomic E-state index is 14.1. The Morgan fingerprint density at radius 2 is 1.66 bits per heavy atom. The molecule has 6 nitrogen and oxygen atoms in total. The summed E-state index contributed by atoms with van der Waals surface area (Å²) in [6.45, 7) is 1.17. The third-order valence-corrected chi connectivity index (χ3v) is 6.05. The van der Waals surface area contributed by atoms with Crippen LogP contribution in [-0.4, -0.2) is 35.3 Å². The maximum absolute atomic E-state index is 14.1. The number of aliphatic hydroxyl groups is 1. The molecule has 2 atom stereocenters. The van der Waals surface area contributed by atoms with Gasteiger partial charge in [0, 0.05) is 28.4 Å². The number of halogens is 5. The number of hydrogen-bond acceptors (Lipinski definition) is 5. The van der Waals surface area contributed by atoms with E-state index in [-0.39, 0.29) is 21.3 Å². The highest BCUT2D eigenvalue weighted by Crippen LogP contribution is 2.50. The number of methoxy groups -OCH3 is 1. The van der Waals surface area contributed by atoms with Gasteiger partial charge in [0.15, 0.2) is 5.60 Å². The molecule has 0 saturated heterocycles. The van der Waals surface area contributed by atoms with Crippen LogP contribution in [0, 0.1) is 0 Å². The van der Waals surface area contributed by atoms with Gasteiger partial charge in [-0.05, 0) is 59.7 Å². The minimum Gasteiger partial charge on any atom is -0.465 e. The lowest BCUT2D eigenvalue weighted by molar-refractivity contribution is -0.274. The van der Waals surface area contributed by atoms with Gasteiger partial charge in [-0.15, -0.1) is 0 Å². The number of esters is 1. The Bertz CT molecular complexity index is 1250. The second kappa shape index (κ2) is 10.2. The Balaban J connectivity index is 1.88. The van der Waals surface area contributed by atoms with Gasteiger partial charge in [0.25, 0.3) is 5.91 Å². The van der Waals surface area contributed by atoms with Gasteiger partial charge in [-0.25, -0.2) is 9.78 Å². The van der Waals surface area contributed by atoms with Crippen LogP contribution in [0.15, 0.2) is 60.8 Å². The Kier molecular flexibility index (Phi) is 7.74. The Morgan fingerprint density at radius 1 is 1.03 bits per heavy atom. The van der Waals surface area contributed by atoms with E-state index in [1.54, 1.807) is 0 Å². The number of alkyl halides is 3. The van der Waals surface area contributed by atoms with Crippen molar-refractivity contribution in [1.29, 1.82) is 0 Å². The first-order valence-corrected chi connectivity index (χ1v) is 10.8. The molecule has 0 aliphatic rings. The lowest BCUT2D eigenvalue weighted by Gasteiger charge is -2.37. The van der Waals surface area contributed by atoms with Crippen molar-refractivity contribution in [2.75, 3.05) is 12.4 Å². The number of benzene rings is 2. The van der Waals surface area contributed by atoms with Gasteiger partial charge in [0.1, 0.15) is 5.15 Å². The van der Waals surface area contributed by atoms with Crippen LogP contribution in [0.3, 0.4) is 0 Å². The van der Waals surface area contributed by atoms with Crippen LogP contribution in [0.1, 0.15) is 44.7 Å². The number of nitrogens with zero attached hydrogens (tertiary/aromatic N) is 1. The fourth-order valence-electron chi connectivity index (χ4n) is 3.55. The van der Waals surface area contributed by atoms with Gasteiger partial charge in [-0.1, -0.05) is 36.2 Å². The molecule has 0 radical (unpaired) electrons. The molecule has 2 aromatic carbocycles. The summed E-state index contributed by atoms with van der Waals surface area (Å²) in [6, 6.07) is 11.6. The lowest BCUT2D eigenvalue weighted by Crippen LogP contribution is -2.46. The summed E-state index contributed by atoms with van der Waals surface area (Å²) in [6.07, 6.45) is -4.01. The molecule has 3 aromatic rings. The highest BCUT2D eigenvalue weighted by atomic mass is 35.5. The predicted molar refractivity (Wildman–Crippen MR) is 125 cm³/mol. The number of pyridine rings is 1. The van der Waals surface area contributed by atoms with Gasteiger partial charge in [0.2, 0.25) is 0 Å². The second-order valence-corrected chi connectivity index (χ2v) is 8.41. The summed E-state index contributed by atoms with van der Waals surface area (Å²) < 4.78 is 46.9. The molecule has 1 aromatic heterocycles. The molecule has 35 heavy (non-hydrogen) atoms. The molecule has 0 fully saturated rings. The second-order valence-electron chi connectivity index (χ2n) is 7.61. The zero-order valence-corrected chi connectivity index (χ0v) is 19.9. The van der Waals surface area contributed by atoms with Crippen LogP contribution in [-0.2, 0) is 10.3 Å². The molecule has 0 saturated carbocycles. The first kappa shape index (κ1) is 26.5. The van der Waals surface area contributed by atoms with Crippen LogP contribution in [0.25, 0.3) is 0 Å². The largest absolute Gasteiger partial charge is 0.465 e. The molecular formula is C24H19Cl2F3N2O4. The number of rotatable bonds is 6. The number of aromatic nitrogens is 1. The van der Waals surface area contributed by atoms with Crippen molar-refractivity contribution in [2.45, 2.75) is 24.6 Å². The standard InChI is InChI=1S/C24H19Cl2F3N2O4/c1-13(23(34,24(27,28)29)16-9-10-30-20(26)12-16)18-8-5-15(11-19(18)25)21(32)31-17-6-3-14(4-7-17)22(33)35-2/h3-13,34H,1-2H3,(H,31,32). The molecule has 2 unspecified atom stereocenters. The maximum Gasteiger partial charge on any atom is 0.422 e. The third-order valence-electron chi connectivity index (χ3n) is 5.52. The molecule has 2 N–H and O–H groups in total. The molecule has 0 aliphatic heterocycles. The Labute approximate surface area is 208 Å². The molecular weight excluding hydrogens is 508 g/mol. The SMILES string of the molecule is COC(=O)c1ccc(NC(=O)c2ccc(C(C)C(O)(c3ccnc(Cl)c3)C(F)(F)F)c(Cl)c2)cc1. The highest BCUT2D eigenvalue weighted by molar-refractivity contribution is 6.32. The normalized spacial score (nSPS) is 14.1. The predicted octanol–water partition coefficient (Wildman–Crippen LogP) is 5.98. The first-order chi connectivity index (χ1) is 16.4. The van der Waals surface area contributed by atoms with E-state index < -0.39 is 35.1 Å². The summed E-state index contributed by atoms with van der Waals surface area (Å²) >= 11 is 12.0. The summed E-state index contributed by atoms with van der Waals surface area (Å²) in [5.74, 6) is -2.67. The minimum atomic E-state index is -5.08. The number of carbonyl (C=O) groups is 2. The van der Waals surface area contributed by atoms with Gasteiger partial charge in [-0.3, -0.25) is 4.79 Å². The van der Waals surface area contributed by atoms with Crippen molar-refractivity contribution >= 4 is 40.8 Å². The van der Waals surface area contributed by atoms with Gasteiger partial charge in [0.05, 0.1) is 12.7 Å². The zero-order chi connectivity index (χ0) is 26.0. The van der Waals surface area contributed by atoms with Gasteiger partial charge < -0.3 is 15.2 Å². The van der Waals surface area contributed by atoms with Gasteiger partial charge >= 0.3 is 12.1 Å². The minimum absolute atomic E-state index is 0.0293. The zero-order valence-electron chi connectivity index (χ0n) is 18.4. The van der Waals surface area contributed by atoms with E-state index in [1.807, 2.05) is 0 Å². The van der Waals surface area contributed by atoms with Gasteiger partial charge in [-0.2, -0.15) is 13.2 Å². The fourth-order valence-corrected chi connectivity index (χ4v) is 4.07. The molecule has 0 aliphatic carbocycles. The van der Waals surface area contributed by atoms with Crippen molar-refractivity contribution in [3.05, 3.63) is 93.2 Å². The molecule has 0 spiro atoms. The average molecular weight is 527 g/mol. The van der Waals surface area contributed by atoms with E-state index >= 15 is 0 Å². The average Bonchev–Trinajstić information content (AvgIpc) is 2.82. The van der Waals surface area contributed by atoms with Crippen molar-refractivity contribution in [3.63, 3.8) is 0 Å². The molecule has 1 amide bonds. The van der Waals surface area contributed by atoms with Crippen molar-refractivity contribution in [1.82, 2.24) is 4.98 Å². The van der Waals surface area contributed by atoms with Crippen LogP contribution in [0.2, 0.25) is 10.2 Å². The smallest absolute Gasteiger partial charge is 0.422 e. The molecule has 184 valence electrons. The van der Waals surface area contributed by atoms with E-state index in [2.05, 4.69) is 15.0 Å². The molecule has 0 bridgehead atoms. The lowest BCUT2D eigenvalue weighted by atomic mass is 9.78. The number of carbonyl (C=O) groups excluding carboxylic acids is 2. The van der Waals surface area contributed by atoms with Crippen LogP contribution in [0.4, 0.5) is 18.9 Å². The summed E-state index contributed by atoms with van der Waals surface area (Å²) in [5.41, 5.74) is -3.11. The van der Waals surface area contributed by atoms with Crippen molar-refractivity contribution in [2.24, 2.45) is 0 Å². The number of ether oxygens (including phenoxy) is 1. The van der Waals surface area contributed by atoms with E-state index in [1.165, 1.54) is 56.5 Å². The molecule has 11 heteroatoms. The Morgan fingerprint density at radius 3 is 2.20 bits per heavy atom. The third kappa shape index (κ3) is 5.42. The molecule has 1 heterocycles. The Hall–Kier alpha value is -3.14. The van der Waals surface area contributed by atoms with E-state index in [0.29, 0.717) is 11.3 Å².